The van der Waals surface area contributed by atoms with Crippen molar-refractivity contribution in [1.82, 2.24) is 4.98 Å². The van der Waals surface area contributed by atoms with Gasteiger partial charge in [0.05, 0.1) is 24.4 Å². The first kappa shape index (κ1) is 24.0. The fourth-order valence-electron chi connectivity index (χ4n) is 3.38. The standard InChI is InChI=1S/C24H33NO5/c1-3-4-7-15-21(26)22-19(17-18-12-9-10-14-20(18)25-22)13-8-5-6-11-16-24(28,29)23(27)30-2/h8-10,12-14,17,21,26,28-29H,3-7,11,15-16H2,1-2H3/b13-8+/t21-/m0/s1. The Bertz CT molecular complexity index is 847. The fraction of sp³-hybridized carbons (Fsp3) is 0.500. The van der Waals surface area contributed by atoms with Gasteiger partial charge in [0.25, 0.3) is 5.79 Å². The Morgan fingerprint density at radius 3 is 2.70 bits per heavy atom. The van der Waals surface area contributed by atoms with E-state index in [0.29, 0.717) is 31.4 Å². The number of rotatable bonds is 12. The Kier molecular flexibility index (Phi) is 9.43. The SMILES string of the molecule is CCCCC[C@H](O)c1nc2ccccc2cc1/C=C/CCCCC(O)(O)C(=O)OC. The fourth-order valence-corrected chi connectivity index (χ4v) is 3.38. The van der Waals surface area contributed by atoms with Crippen molar-refractivity contribution in [3.05, 3.63) is 47.7 Å². The van der Waals surface area contributed by atoms with Crippen molar-refractivity contribution in [3.63, 3.8) is 0 Å². The van der Waals surface area contributed by atoms with Crippen LogP contribution in [0.4, 0.5) is 0 Å². The minimum atomic E-state index is -2.43. The molecule has 0 aliphatic rings. The smallest absolute Gasteiger partial charge is 0.366 e. The molecular weight excluding hydrogens is 382 g/mol. The zero-order chi connectivity index (χ0) is 22.0. The first-order valence-corrected chi connectivity index (χ1v) is 10.7. The van der Waals surface area contributed by atoms with Crippen LogP contribution in [-0.4, -0.2) is 39.2 Å². The van der Waals surface area contributed by atoms with Gasteiger partial charge in [0.15, 0.2) is 0 Å². The van der Waals surface area contributed by atoms with E-state index in [-0.39, 0.29) is 6.42 Å². The number of hydrogen-bond donors (Lipinski definition) is 3. The topological polar surface area (TPSA) is 99.9 Å². The molecule has 1 aromatic carbocycles. The first-order chi connectivity index (χ1) is 14.4. The molecule has 0 aliphatic carbocycles. The molecule has 3 N–H and O–H groups in total. The van der Waals surface area contributed by atoms with E-state index in [1.165, 1.54) is 0 Å². The predicted molar refractivity (Wildman–Crippen MR) is 118 cm³/mol. The van der Waals surface area contributed by atoms with Crippen LogP contribution in [0.25, 0.3) is 17.0 Å². The summed E-state index contributed by atoms with van der Waals surface area (Å²) in [6, 6.07) is 9.89. The monoisotopic (exact) mass is 415 g/mol. The zero-order valence-corrected chi connectivity index (χ0v) is 17.9. The van der Waals surface area contributed by atoms with Crippen molar-refractivity contribution in [1.29, 1.82) is 0 Å². The summed E-state index contributed by atoms with van der Waals surface area (Å²) >= 11 is 0. The number of benzene rings is 1. The molecular formula is C24H33NO5. The molecule has 2 rings (SSSR count). The normalized spacial score (nSPS) is 13.1. The van der Waals surface area contributed by atoms with Gasteiger partial charge < -0.3 is 20.1 Å². The summed E-state index contributed by atoms with van der Waals surface area (Å²) in [5.41, 5.74) is 2.45. The lowest BCUT2D eigenvalue weighted by atomic mass is 10.0. The Balaban J connectivity index is 2.04. The highest BCUT2D eigenvalue weighted by Gasteiger charge is 2.33. The maximum absolute atomic E-state index is 11.3. The molecule has 0 bridgehead atoms. The lowest BCUT2D eigenvalue weighted by Gasteiger charge is -2.17. The van der Waals surface area contributed by atoms with Gasteiger partial charge in [-0.15, -0.1) is 0 Å². The minimum absolute atomic E-state index is 0.0769. The van der Waals surface area contributed by atoms with Crippen molar-refractivity contribution in [2.45, 2.75) is 70.2 Å². The number of fused-ring (bicyclic) bond motifs is 1. The van der Waals surface area contributed by atoms with Crippen molar-refractivity contribution in [3.8, 4) is 0 Å². The molecule has 0 radical (unpaired) electrons. The molecule has 1 heterocycles. The average molecular weight is 416 g/mol. The van der Waals surface area contributed by atoms with Crippen molar-refractivity contribution < 1.29 is 24.9 Å². The quantitative estimate of drug-likeness (QED) is 0.272. The first-order valence-electron chi connectivity index (χ1n) is 10.7. The van der Waals surface area contributed by atoms with Crippen LogP contribution in [0.3, 0.4) is 0 Å². The van der Waals surface area contributed by atoms with E-state index in [0.717, 1.165) is 42.8 Å². The van der Waals surface area contributed by atoms with Gasteiger partial charge in [-0.1, -0.05) is 56.5 Å². The number of carbonyl (C=O) groups is 1. The van der Waals surface area contributed by atoms with Gasteiger partial charge >= 0.3 is 5.97 Å². The Morgan fingerprint density at radius 2 is 1.97 bits per heavy atom. The summed E-state index contributed by atoms with van der Waals surface area (Å²) in [5, 5.41) is 31.0. The highest BCUT2D eigenvalue weighted by atomic mass is 16.6. The number of unbranched alkanes of at least 4 members (excludes halogenated alkanes) is 4. The predicted octanol–water partition coefficient (Wildman–Crippen LogP) is 4.28. The molecule has 0 spiro atoms. The number of hydrogen-bond acceptors (Lipinski definition) is 6. The molecule has 1 atom stereocenters. The van der Waals surface area contributed by atoms with Crippen molar-refractivity contribution >= 4 is 22.9 Å². The van der Waals surface area contributed by atoms with Crippen LogP contribution < -0.4 is 0 Å². The van der Waals surface area contributed by atoms with Gasteiger partial charge in [-0.2, -0.15) is 0 Å². The van der Waals surface area contributed by atoms with Gasteiger partial charge in [0, 0.05) is 11.8 Å². The molecule has 6 heteroatoms. The van der Waals surface area contributed by atoms with Gasteiger partial charge in [0.2, 0.25) is 0 Å². The molecule has 0 unspecified atom stereocenters. The molecule has 0 aliphatic heterocycles. The highest BCUT2D eigenvalue weighted by molar-refractivity contribution is 5.81. The van der Waals surface area contributed by atoms with Crippen LogP contribution in [0.5, 0.6) is 0 Å². The summed E-state index contributed by atoms with van der Waals surface area (Å²) in [6.45, 7) is 2.14. The van der Waals surface area contributed by atoms with E-state index in [9.17, 15) is 20.1 Å². The third-order valence-electron chi connectivity index (χ3n) is 5.14. The van der Waals surface area contributed by atoms with Gasteiger partial charge in [-0.05, 0) is 43.4 Å². The van der Waals surface area contributed by atoms with Gasteiger partial charge in [-0.25, -0.2) is 9.78 Å². The number of allylic oxidation sites excluding steroid dienone is 1. The van der Waals surface area contributed by atoms with E-state index >= 15 is 0 Å². The van der Waals surface area contributed by atoms with Gasteiger partial charge in [0.1, 0.15) is 0 Å². The van der Waals surface area contributed by atoms with Crippen LogP contribution in [0.15, 0.2) is 36.4 Å². The van der Waals surface area contributed by atoms with E-state index in [1.807, 2.05) is 42.5 Å². The second-order valence-corrected chi connectivity index (χ2v) is 7.62. The average Bonchev–Trinajstić information content (AvgIpc) is 2.74. The Morgan fingerprint density at radius 1 is 1.20 bits per heavy atom. The summed E-state index contributed by atoms with van der Waals surface area (Å²) in [7, 11) is 1.12. The lowest BCUT2D eigenvalue weighted by molar-refractivity contribution is -0.209. The van der Waals surface area contributed by atoms with Crippen LogP contribution in [-0.2, 0) is 9.53 Å². The number of aliphatic hydroxyl groups excluding tert-OH is 1. The molecule has 0 saturated carbocycles. The van der Waals surface area contributed by atoms with E-state index in [2.05, 4.69) is 11.7 Å². The maximum Gasteiger partial charge on any atom is 0.366 e. The largest absolute Gasteiger partial charge is 0.465 e. The molecule has 6 nitrogen and oxygen atoms in total. The van der Waals surface area contributed by atoms with Crippen LogP contribution in [0.1, 0.15) is 75.7 Å². The summed E-state index contributed by atoms with van der Waals surface area (Å²) < 4.78 is 4.37. The molecule has 2 aromatic rings. The van der Waals surface area contributed by atoms with Crippen molar-refractivity contribution in [2.24, 2.45) is 0 Å². The molecule has 0 fully saturated rings. The number of nitrogens with zero attached hydrogens (tertiary/aromatic N) is 1. The number of ether oxygens (including phenoxy) is 1. The molecule has 1 aromatic heterocycles. The van der Waals surface area contributed by atoms with Crippen LogP contribution >= 0.6 is 0 Å². The Labute approximate surface area is 178 Å². The zero-order valence-electron chi connectivity index (χ0n) is 17.9. The van der Waals surface area contributed by atoms with Crippen LogP contribution in [0.2, 0.25) is 0 Å². The third kappa shape index (κ3) is 6.90. The molecule has 0 saturated heterocycles. The number of aliphatic hydroxyl groups is 3. The molecule has 30 heavy (non-hydrogen) atoms. The Hall–Kier alpha value is -2.28. The van der Waals surface area contributed by atoms with E-state index in [1.54, 1.807) is 0 Å². The molecule has 0 amide bonds. The summed E-state index contributed by atoms with van der Waals surface area (Å²) in [5.74, 6) is -3.47. The number of methoxy groups -OCH3 is 1. The second-order valence-electron chi connectivity index (χ2n) is 7.62. The number of pyridine rings is 1. The third-order valence-corrected chi connectivity index (χ3v) is 5.14. The van der Waals surface area contributed by atoms with E-state index < -0.39 is 17.9 Å². The molecule has 164 valence electrons. The van der Waals surface area contributed by atoms with E-state index in [4.69, 9.17) is 4.98 Å². The number of aromatic nitrogens is 1. The van der Waals surface area contributed by atoms with Gasteiger partial charge in [-0.3, -0.25) is 0 Å². The van der Waals surface area contributed by atoms with Crippen LogP contribution in [0, 0.1) is 0 Å². The maximum atomic E-state index is 11.3. The number of para-hydroxylation sites is 1. The number of esters is 1. The minimum Gasteiger partial charge on any atom is -0.465 e. The highest BCUT2D eigenvalue weighted by Crippen LogP contribution is 2.26. The lowest BCUT2D eigenvalue weighted by Crippen LogP contribution is -2.39. The van der Waals surface area contributed by atoms with Crippen molar-refractivity contribution in [2.75, 3.05) is 7.11 Å². The summed E-state index contributed by atoms with van der Waals surface area (Å²) in [4.78, 5) is 16.0. The second kappa shape index (κ2) is 11.8. The number of carbonyl (C=O) groups excluding carboxylic acids is 1. The summed E-state index contributed by atoms with van der Waals surface area (Å²) in [6.07, 6.45) is 8.95.